The highest BCUT2D eigenvalue weighted by Crippen LogP contribution is 2.43. The maximum absolute atomic E-state index is 6.81. The van der Waals surface area contributed by atoms with Crippen molar-refractivity contribution in [2.45, 2.75) is 0 Å². The average Bonchev–Trinajstić information content (AvgIpc) is 3.79. The summed E-state index contributed by atoms with van der Waals surface area (Å²) < 4.78 is 13.1. The maximum atomic E-state index is 6.81. The fraction of sp³-hybridized carbons (Fsp3) is 0. The van der Waals surface area contributed by atoms with Gasteiger partial charge in [-0.05, 0) is 74.8 Å². The van der Waals surface area contributed by atoms with Gasteiger partial charge in [0.1, 0.15) is 28.0 Å². The van der Waals surface area contributed by atoms with Gasteiger partial charge in [-0.1, -0.05) is 133 Å². The highest BCUT2D eigenvalue weighted by Gasteiger charge is 2.21. The predicted molar refractivity (Wildman–Crippen MR) is 213 cm³/mol. The summed E-state index contributed by atoms with van der Waals surface area (Å²) >= 11 is 0. The van der Waals surface area contributed by atoms with Crippen molar-refractivity contribution in [3.05, 3.63) is 170 Å². The molecular weight excluding hydrogens is 637 g/mol. The molecule has 0 aliphatic rings. The van der Waals surface area contributed by atoms with Crippen LogP contribution in [0.3, 0.4) is 0 Å². The lowest BCUT2D eigenvalue weighted by Crippen LogP contribution is -1.93. The monoisotopic (exact) mass is 664 g/mol. The molecule has 0 aliphatic carbocycles. The van der Waals surface area contributed by atoms with Gasteiger partial charge in [-0.3, -0.25) is 0 Å². The number of rotatable bonds is 4. The van der Waals surface area contributed by atoms with E-state index in [9.17, 15) is 0 Å². The highest BCUT2D eigenvalue weighted by atomic mass is 16.3. The molecule has 0 bridgehead atoms. The predicted octanol–water partition coefficient (Wildman–Crippen LogP) is 13.2. The third kappa shape index (κ3) is 4.48. The molecule has 0 aliphatic heterocycles. The second-order valence-corrected chi connectivity index (χ2v) is 13.3. The Hall–Kier alpha value is -7.04. The zero-order valence-corrected chi connectivity index (χ0v) is 27.9. The molecule has 4 nitrogen and oxygen atoms in total. The summed E-state index contributed by atoms with van der Waals surface area (Å²) in [6.45, 7) is 0. The van der Waals surface area contributed by atoms with Crippen LogP contribution in [0.15, 0.2) is 179 Å². The molecule has 3 aromatic heterocycles. The summed E-state index contributed by atoms with van der Waals surface area (Å²) in [5.74, 6) is 0.620. The fourth-order valence-corrected chi connectivity index (χ4v) is 7.70. The van der Waals surface area contributed by atoms with Crippen LogP contribution >= 0.6 is 0 Å². The molecule has 0 spiro atoms. The number of benzene rings is 8. The smallest absolute Gasteiger partial charge is 0.180 e. The molecule has 4 heteroatoms. The van der Waals surface area contributed by atoms with Gasteiger partial charge < -0.3 is 8.83 Å². The van der Waals surface area contributed by atoms with Crippen molar-refractivity contribution < 1.29 is 8.83 Å². The quantitative estimate of drug-likeness (QED) is 0.188. The van der Waals surface area contributed by atoms with Gasteiger partial charge in [-0.25, -0.2) is 9.97 Å². The Morgan fingerprint density at radius 2 is 1.04 bits per heavy atom. The molecule has 11 aromatic rings. The van der Waals surface area contributed by atoms with Crippen LogP contribution in [-0.4, -0.2) is 9.97 Å². The van der Waals surface area contributed by atoms with E-state index in [1.807, 2.05) is 36.4 Å². The van der Waals surface area contributed by atoms with Crippen molar-refractivity contribution in [3.63, 3.8) is 0 Å². The number of fused-ring (bicyclic) bond motifs is 9. The minimum Gasteiger partial charge on any atom is -0.455 e. The van der Waals surface area contributed by atoms with Crippen molar-refractivity contribution >= 4 is 65.6 Å². The second kappa shape index (κ2) is 11.2. The van der Waals surface area contributed by atoms with Crippen LogP contribution in [0.5, 0.6) is 0 Å². The average molecular weight is 665 g/mol. The molecule has 3 heterocycles. The van der Waals surface area contributed by atoms with Crippen molar-refractivity contribution in [1.29, 1.82) is 0 Å². The minimum atomic E-state index is 0.620. The molecule has 0 radical (unpaired) electrons. The molecule has 0 fully saturated rings. The van der Waals surface area contributed by atoms with Gasteiger partial charge in [0.25, 0.3) is 0 Å². The number of aromatic nitrogens is 2. The molecular formula is C48H28N2O2. The van der Waals surface area contributed by atoms with Gasteiger partial charge in [0.2, 0.25) is 0 Å². The van der Waals surface area contributed by atoms with Crippen molar-refractivity contribution in [1.82, 2.24) is 9.97 Å². The zero-order valence-electron chi connectivity index (χ0n) is 27.9. The van der Waals surface area contributed by atoms with Gasteiger partial charge in [0, 0.05) is 32.7 Å². The second-order valence-electron chi connectivity index (χ2n) is 13.3. The van der Waals surface area contributed by atoms with Crippen LogP contribution in [0.1, 0.15) is 0 Å². The Morgan fingerprint density at radius 3 is 1.90 bits per heavy atom. The first kappa shape index (κ1) is 28.8. The number of nitrogens with zero attached hydrogens (tertiary/aromatic N) is 2. The lowest BCUT2D eigenvalue weighted by Gasteiger charge is -2.10. The molecule has 52 heavy (non-hydrogen) atoms. The molecule has 0 N–H and O–H groups in total. The van der Waals surface area contributed by atoms with E-state index in [4.69, 9.17) is 18.8 Å². The Kier molecular flexibility index (Phi) is 6.22. The molecule has 242 valence electrons. The molecule has 0 saturated heterocycles. The van der Waals surface area contributed by atoms with E-state index in [2.05, 4.69) is 133 Å². The summed E-state index contributed by atoms with van der Waals surface area (Å²) in [6.07, 6.45) is 0. The van der Waals surface area contributed by atoms with Gasteiger partial charge >= 0.3 is 0 Å². The maximum Gasteiger partial charge on any atom is 0.180 e. The van der Waals surface area contributed by atoms with Crippen LogP contribution in [-0.2, 0) is 0 Å². The summed E-state index contributed by atoms with van der Waals surface area (Å²) in [5.41, 5.74) is 11.2. The molecule has 8 aromatic carbocycles. The third-order valence-electron chi connectivity index (χ3n) is 10.3. The first-order chi connectivity index (χ1) is 25.7. The Labute approximate surface area is 298 Å². The highest BCUT2D eigenvalue weighted by molar-refractivity contribution is 6.21. The van der Waals surface area contributed by atoms with E-state index < -0.39 is 0 Å². The van der Waals surface area contributed by atoms with Crippen LogP contribution in [0.4, 0.5) is 0 Å². The number of furan rings is 2. The fourth-order valence-electron chi connectivity index (χ4n) is 7.70. The van der Waals surface area contributed by atoms with Crippen LogP contribution in [0, 0.1) is 0 Å². The third-order valence-corrected chi connectivity index (χ3v) is 10.3. The van der Waals surface area contributed by atoms with Crippen molar-refractivity contribution in [2.75, 3.05) is 0 Å². The topological polar surface area (TPSA) is 52.1 Å². The Balaban J connectivity index is 1.08. The van der Waals surface area contributed by atoms with E-state index in [1.165, 1.54) is 21.9 Å². The van der Waals surface area contributed by atoms with Crippen LogP contribution in [0.2, 0.25) is 0 Å². The largest absolute Gasteiger partial charge is 0.455 e. The number of hydrogen-bond donors (Lipinski definition) is 0. The van der Waals surface area contributed by atoms with Gasteiger partial charge in [0.15, 0.2) is 11.4 Å². The van der Waals surface area contributed by atoms with Crippen molar-refractivity contribution in [3.8, 4) is 44.9 Å². The van der Waals surface area contributed by atoms with Crippen LogP contribution < -0.4 is 0 Å². The zero-order chi connectivity index (χ0) is 34.2. The lowest BCUT2D eigenvalue weighted by atomic mass is 9.93. The Morgan fingerprint density at radius 1 is 0.365 bits per heavy atom. The van der Waals surface area contributed by atoms with E-state index in [1.54, 1.807) is 0 Å². The molecule has 0 atom stereocenters. The molecule has 0 saturated carbocycles. The molecule has 11 rings (SSSR count). The summed E-state index contributed by atoms with van der Waals surface area (Å²) in [6, 6.07) is 59.3. The van der Waals surface area contributed by atoms with E-state index in [-0.39, 0.29) is 0 Å². The summed E-state index contributed by atoms with van der Waals surface area (Å²) in [5, 5.41) is 7.82. The molecule has 0 amide bonds. The first-order valence-electron chi connectivity index (χ1n) is 17.5. The standard InChI is InChI=1S/C48H28N2O2/c1-2-11-32(12-3-1)44-47-45(39-16-8-9-17-41(39)51-47)50-48(49-44)36-24-25-38-42(28-36)52-46-37-15-7-6-14-35(37)27-40(43(38)46)31-21-18-30(19-22-31)34-23-20-29-10-4-5-13-33(29)26-34/h1-28H. The van der Waals surface area contributed by atoms with Gasteiger partial charge in [0.05, 0.1) is 0 Å². The van der Waals surface area contributed by atoms with Gasteiger partial charge in [-0.15, -0.1) is 0 Å². The first-order valence-corrected chi connectivity index (χ1v) is 17.5. The van der Waals surface area contributed by atoms with Crippen molar-refractivity contribution in [2.24, 2.45) is 0 Å². The SMILES string of the molecule is c1ccc(-c2nc(-c3ccc4c(c3)oc3c5ccccc5cc(-c5ccc(-c6ccc7ccccc7c6)cc5)c43)nc3c2oc2ccccc23)cc1. The van der Waals surface area contributed by atoms with Crippen LogP contribution in [0.25, 0.3) is 110 Å². The summed E-state index contributed by atoms with van der Waals surface area (Å²) in [7, 11) is 0. The van der Waals surface area contributed by atoms with E-state index in [0.717, 1.165) is 77.1 Å². The van der Waals surface area contributed by atoms with Gasteiger partial charge in [-0.2, -0.15) is 0 Å². The lowest BCUT2D eigenvalue weighted by molar-refractivity contribution is 0.667. The molecule has 0 unspecified atom stereocenters. The van der Waals surface area contributed by atoms with E-state index >= 15 is 0 Å². The summed E-state index contributed by atoms with van der Waals surface area (Å²) in [4.78, 5) is 10.2. The minimum absolute atomic E-state index is 0.620. The van der Waals surface area contributed by atoms with E-state index in [0.29, 0.717) is 11.4 Å². The normalized spacial score (nSPS) is 11.8. The number of hydrogen-bond acceptors (Lipinski definition) is 4. The number of para-hydroxylation sites is 1. The Bertz CT molecular complexity index is 3170.